The van der Waals surface area contributed by atoms with E-state index in [0.717, 1.165) is 13.1 Å². The van der Waals surface area contributed by atoms with Crippen molar-refractivity contribution in [2.75, 3.05) is 33.8 Å². The summed E-state index contributed by atoms with van der Waals surface area (Å²) >= 11 is 0. The van der Waals surface area contributed by atoms with Crippen LogP contribution in [0.3, 0.4) is 0 Å². The Kier molecular flexibility index (Phi) is 4.28. The SMILES string of the molecule is CN1CCN(C)C1=Nc1ncn([C@H]2C[C@H](O)[C@@H](CO)O2)c(=O)n1. The molecule has 0 unspecified atom stereocenters. The molecule has 2 N–H and O–H groups in total. The van der Waals surface area contributed by atoms with Gasteiger partial charge in [0.1, 0.15) is 18.7 Å². The first kappa shape index (κ1) is 15.8. The quantitative estimate of drug-likeness (QED) is 0.665. The molecule has 0 aromatic carbocycles. The lowest BCUT2D eigenvalue weighted by molar-refractivity contribution is -0.0462. The van der Waals surface area contributed by atoms with Crippen molar-refractivity contribution in [1.29, 1.82) is 0 Å². The molecule has 3 atom stereocenters. The van der Waals surface area contributed by atoms with Crippen molar-refractivity contribution in [3.8, 4) is 0 Å². The molecule has 23 heavy (non-hydrogen) atoms. The zero-order valence-corrected chi connectivity index (χ0v) is 13.0. The number of aromatic nitrogens is 3. The Balaban J connectivity index is 1.82. The fourth-order valence-corrected chi connectivity index (χ4v) is 2.69. The molecule has 2 aliphatic heterocycles. The highest BCUT2D eigenvalue weighted by molar-refractivity contribution is 5.83. The van der Waals surface area contributed by atoms with Crippen LogP contribution in [-0.2, 0) is 4.74 Å². The van der Waals surface area contributed by atoms with Gasteiger partial charge in [0.05, 0.1) is 12.7 Å². The van der Waals surface area contributed by atoms with Crippen LogP contribution in [0.5, 0.6) is 0 Å². The van der Waals surface area contributed by atoms with E-state index in [4.69, 9.17) is 9.84 Å². The van der Waals surface area contributed by atoms with Crippen molar-refractivity contribution in [1.82, 2.24) is 24.3 Å². The molecule has 0 radical (unpaired) electrons. The lowest BCUT2D eigenvalue weighted by Crippen LogP contribution is -2.30. The Morgan fingerprint density at radius 3 is 2.65 bits per heavy atom. The first-order valence-electron chi connectivity index (χ1n) is 7.40. The maximum absolute atomic E-state index is 12.2. The molecule has 0 aliphatic carbocycles. The van der Waals surface area contributed by atoms with Gasteiger partial charge in [0, 0.05) is 33.6 Å². The second-order valence-electron chi connectivity index (χ2n) is 5.72. The van der Waals surface area contributed by atoms with Crippen molar-refractivity contribution >= 4 is 11.9 Å². The molecule has 2 fully saturated rings. The highest BCUT2D eigenvalue weighted by atomic mass is 16.5. The normalized spacial score (nSPS) is 27.8. The number of hydrogen-bond donors (Lipinski definition) is 2. The van der Waals surface area contributed by atoms with E-state index in [-0.39, 0.29) is 19.0 Å². The van der Waals surface area contributed by atoms with Crippen molar-refractivity contribution in [3.63, 3.8) is 0 Å². The van der Waals surface area contributed by atoms with Gasteiger partial charge in [-0.25, -0.2) is 9.78 Å². The number of aliphatic hydroxyl groups excluding tert-OH is 2. The zero-order chi connectivity index (χ0) is 16.6. The third-order valence-electron chi connectivity index (χ3n) is 4.06. The van der Waals surface area contributed by atoms with Gasteiger partial charge in [-0.1, -0.05) is 0 Å². The van der Waals surface area contributed by atoms with Crippen LogP contribution in [0.1, 0.15) is 12.6 Å². The Morgan fingerprint density at radius 1 is 1.39 bits per heavy atom. The Hall–Kier alpha value is -2.04. The highest BCUT2D eigenvalue weighted by Gasteiger charge is 2.35. The van der Waals surface area contributed by atoms with Gasteiger partial charge in [-0.3, -0.25) is 4.57 Å². The molecule has 0 saturated carbocycles. The summed E-state index contributed by atoms with van der Waals surface area (Å²) in [4.78, 5) is 28.3. The van der Waals surface area contributed by atoms with Crippen LogP contribution in [0.25, 0.3) is 0 Å². The summed E-state index contributed by atoms with van der Waals surface area (Å²) in [5, 5.41) is 18.8. The number of rotatable bonds is 3. The predicted molar refractivity (Wildman–Crippen MR) is 80.3 cm³/mol. The number of hydrogen-bond acceptors (Lipinski definition) is 7. The van der Waals surface area contributed by atoms with E-state index >= 15 is 0 Å². The highest BCUT2D eigenvalue weighted by Crippen LogP contribution is 2.27. The van der Waals surface area contributed by atoms with Crippen LogP contribution >= 0.6 is 0 Å². The van der Waals surface area contributed by atoms with Gasteiger partial charge in [0.15, 0.2) is 0 Å². The van der Waals surface area contributed by atoms with Crippen LogP contribution in [0.15, 0.2) is 16.1 Å². The molecule has 0 spiro atoms. The number of likely N-dealkylation sites (N-methyl/N-ethyl adjacent to an activating group) is 2. The molecule has 1 aromatic rings. The van der Waals surface area contributed by atoms with E-state index in [1.54, 1.807) is 0 Å². The van der Waals surface area contributed by atoms with Crippen LogP contribution in [0.2, 0.25) is 0 Å². The van der Waals surface area contributed by atoms with E-state index in [1.165, 1.54) is 10.9 Å². The van der Waals surface area contributed by atoms with E-state index in [1.807, 2.05) is 23.9 Å². The van der Waals surface area contributed by atoms with Gasteiger partial charge < -0.3 is 24.7 Å². The minimum atomic E-state index is -0.822. The van der Waals surface area contributed by atoms with Crippen LogP contribution < -0.4 is 5.69 Å². The van der Waals surface area contributed by atoms with Gasteiger partial charge >= 0.3 is 5.69 Å². The smallest absolute Gasteiger partial charge is 0.354 e. The van der Waals surface area contributed by atoms with Crippen LogP contribution in [-0.4, -0.2) is 86.5 Å². The number of aliphatic imine (C=N–C) groups is 1. The lowest BCUT2D eigenvalue weighted by Gasteiger charge is -2.15. The fraction of sp³-hybridized carbons (Fsp3) is 0.692. The van der Waals surface area contributed by atoms with E-state index in [9.17, 15) is 9.90 Å². The molecule has 3 heterocycles. The van der Waals surface area contributed by atoms with Crippen molar-refractivity contribution in [2.24, 2.45) is 4.99 Å². The monoisotopic (exact) mass is 324 g/mol. The summed E-state index contributed by atoms with van der Waals surface area (Å²) < 4.78 is 6.63. The summed E-state index contributed by atoms with van der Waals surface area (Å²) in [6, 6.07) is 0. The maximum Gasteiger partial charge on any atom is 0.354 e. The third-order valence-corrected chi connectivity index (χ3v) is 4.06. The van der Waals surface area contributed by atoms with Crippen LogP contribution in [0, 0.1) is 0 Å². The predicted octanol–water partition coefficient (Wildman–Crippen LogP) is -1.86. The third kappa shape index (κ3) is 3.05. The van der Waals surface area contributed by atoms with Gasteiger partial charge in [-0.05, 0) is 0 Å². The zero-order valence-electron chi connectivity index (χ0n) is 13.0. The second-order valence-corrected chi connectivity index (χ2v) is 5.72. The summed E-state index contributed by atoms with van der Waals surface area (Å²) in [5.41, 5.74) is -0.557. The number of aliphatic hydroxyl groups is 2. The summed E-state index contributed by atoms with van der Waals surface area (Å²) in [6.07, 6.45) is -0.701. The largest absolute Gasteiger partial charge is 0.394 e. The Morgan fingerprint density at radius 2 is 2.09 bits per heavy atom. The number of ether oxygens (including phenoxy) is 1. The molecule has 10 nitrogen and oxygen atoms in total. The van der Waals surface area contributed by atoms with E-state index in [0.29, 0.717) is 5.96 Å². The fourth-order valence-electron chi connectivity index (χ4n) is 2.69. The van der Waals surface area contributed by atoms with Gasteiger partial charge in [-0.2, -0.15) is 9.98 Å². The Bertz CT molecular complexity index is 650. The van der Waals surface area contributed by atoms with E-state index in [2.05, 4.69) is 15.0 Å². The van der Waals surface area contributed by atoms with Gasteiger partial charge in [0.25, 0.3) is 5.95 Å². The molecule has 0 amide bonds. The van der Waals surface area contributed by atoms with Gasteiger partial charge in [-0.15, -0.1) is 0 Å². The van der Waals surface area contributed by atoms with Crippen molar-refractivity contribution in [3.05, 3.63) is 16.8 Å². The first-order chi connectivity index (χ1) is 11.0. The molecular weight excluding hydrogens is 304 g/mol. The lowest BCUT2D eigenvalue weighted by atomic mass is 10.2. The van der Waals surface area contributed by atoms with Gasteiger partial charge in [0.2, 0.25) is 5.96 Å². The molecule has 10 heteroatoms. The molecule has 2 saturated heterocycles. The number of guanidine groups is 1. The molecule has 3 rings (SSSR count). The average Bonchev–Trinajstić information content (AvgIpc) is 3.04. The minimum Gasteiger partial charge on any atom is -0.394 e. The molecule has 126 valence electrons. The molecular formula is C13H20N6O4. The summed E-state index contributed by atoms with van der Waals surface area (Å²) in [7, 11) is 3.82. The first-order valence-corrected chi connectivity index (χ1v) is 7.40. The molecule has 0 bridgehead atoms. The van der Waals surface area contributed by atoms with E-state index < -0.39 is 24.1 Å². The van der Waals surface area contributed by atoms with Crippen LogP contribution in [0.4, 0.5) is 5.95 Å². The topological polar surface area (TPSA) is 116 Å². The number of nitrogens with zero attached hydrogens (tertiary/aromatic N) is 6. The maximum atomic E-state index is 12.2. The summed E-state index contributed by atoms with van der Waals surface area (Å²) in [6.45, 7) is 1.39. The van der Waals surface area contributed by atoms with Crippen molar-refractivity contribution in [2.45, 2.75) is 24.9 Å². The Labute approximate surface area is 132 Å². The standard InChI is InChI=1S/C13H20N6O4/c1-17-3-4-18(2)12(17)15-11-14-7-19(13(22)16-11)10-5-8(21)9(6-20)23-10/h7-10,20-21H,3-6H2,1-2H3/t8-,9+,10+/m0/s1. The van der Waals surface area contributed by atoms with Crippen molar-refractivity contribution < 1.29 is 14.9 Å². The summed E-state index contributed by atoms with van der Waals surface area (Å²) in [5.74, 6) is 0.786. The molecule has 2 aliphatic rings. The second kappa shape index (κ2) is 6.22. The average molecular weight is 324 g/mol. The minimum absolute atomic E-state index is 0.0825. The molecule has 1 aromatic heterocycles.